The lowest BCUT2D eigenvalue weighted by Gasteiger charge is -2.28. The van der Waals surface area contributed by atoms with E-state index in [1.54, 1.807) is 0 Å². The highest BCUT2D eigenvalue weighted by atomic mass is 14.9. The molecule has 1 saturated heterocycles. The van der Waals surface area contributed by atoms with Gasteiger partial charge in [0.25, 0.3) is 0 Å². The van der Waals surface area contributed by atoms with Crippen LogP contribution in [0.1, 0.15) is 26.7 Å². The minimum Gasteiger partial charge on any atom is -0.316 e. The summed E-state index contributed by atoms with van der Waals surface area (Å²) in [6.45, 7) is 10.9. The fourth-order valence-electron chi connectivity index (χ4n) is 1.76. The Bertz CT molecular complexity index is 140. The Morgan fingerprint density at radius 2 is 2.27 bits per heavy atom. The van der Waals surface area contributed by atoms with Gasteiger partial charge in [0, 0.05) is 6.54 Å². The average Bonchev–Trinajstić information content (AvgIpc) is 2.03. The maximum Gasteiger partial charge on any atom is 0.00170 e. The summed E-state index contributed by atoms with van der Waals surface area (Å²) in [5.74, 6) is 1.57. The maximum atomic E-state index is 4.09. The molecule has 0 aromatic rings. The first-order valence-electron chi connectivity index (χ1n) is 4.62. The molecule has 1 aliphatic heterocycles. The van der Waals surface area contributed by atoms with Crippen LogP contribution in [-0.2, 0) is 0 Å². The third-order valence-electron chi connectivity index (χ3n) is 2.60. The highest BCUT2D eigenvalue weighted by molar-refractivity contribution is 5.02. The van der Waals surface area contributed by atoms with Gasteiger partial charge in [-0.05, 0) is 31.2 Å². The van der Waals surface area contributed by atoms with Gasteiger partial charge in [0.05, 0.1) is 0 Å². The molecule has 1 fully saturated rings. The van der Waals surface area contributed by atoms with E-state index in [-0.39, 0.29) is 0 Å². The predicted molar refractivity (Wildman–Crippen MR) is 49.6 cm³/mol. The number of hydrogen-bond acceptors (Lipinski definition) is 1. The molecule has 1 unspecified atom stereocenters. The van der Waals surface area contributed by atoms with Gasteiger partial charge < -0.3 is 5.32 Å². The van der Waals surface area contributed by atoms with Gasteiger partial charge in [-0.25, -0.2) is 0 Å². The van der Waals surface area contributed by atoms with Crippen molar-refractivity contribution >= 4 is 0 Å². The van der Waals surface area contributed by atoms with Crippen LogP contribution >= 0.6 is 0 Å². The molecule has 0 saturated carbocycles. The van der Waals surface area contributed by atoms with Crippen molar-refractivity contribution in [1.29, 1.82) is 0 Å². The van der Waals surface area contributed by atoms with E-state index in [2.05, 4.69) is 25.7 Å². The smallest absolute Gasteiger partial charge is 0.00170 e. The quantitative estimate of drug-likeness (QED) is 0.600. The molecule has 64 valence electrons. The molecule has 0 aromatic heterocycles. The van der Waals surface area contributed by atoms with E-state index in [0.29, 0.717) is 0 Å². The number of hydrogen-bond donors (Lipinski definition) is 1. The van der Waals surface area contributed by atoms with E-state index in [1.807, 2.05) is 0 Å². The normalized spacial score (nSPS) is 31.8. The van der Waals surface area contributed by atoms with Crippen molar-refractivity contribution in [3.8, 4) is 0 Å². The van der Waals surface area contributed by atoms with E-state index in [4.69, 9.17) is 0 Å². The maximum absolute atomic E-state index is 4.09. The summed E-state index contributed by atoms with van der Waals surface area (Å²) in [6, 6.07) is 0. The van der Waals surface area contributed by atoms with Crippen LogP contribution in [0.25, 0.3) is 0 Å². The first-order valence-corrected chi connectivity index (χ1v) is 4.62. The SMILES string of the molecule is C=C(CC)C1CNC[C@H](C)C1. The summed E-state index contributed by atoms with van der Waals surface area (Å²) in [5.41, 5.74) is 1.42. The first-order chi connectivity index (χ1) is 5.24. The Hall–Kier alpha value is -0.300. The third kappa shape index (κ3) is 2.33. The van der Waals surface area contributed by atoms with Crippen LogP contribution in [0.2, 0.25) is 0 Å². The van der Waals surface area contributed by atoms with Gasteiger partial charge in [-0.1, -0.05) is 26.0 Å². The fourth-order valence-corrected chi connectivity index (χ4v) is 1.76. The molecule has 1 rings (SSSR count). The van der Waals surface area contributed by atoms with Crippen molar-refractivity contribution in [3.63, 3.8) is 0 Å². The Kier molecular flexibility index (Phi) is 3.13. The average molecular weight is 153 g/mol. The highest BCUT2D eigenvalue weighted by Gasteiger charge is 2.19. The second kappa shape index (κ2) is 3.91. The number of rotatable bonds is 2. The van der Waals surface area contributed by atoms with Crippen LogP contribution in [0.5, 0.6) is 0 Å². The van der Waals surface area contributed by atoms with Crippen molar-refractivity contribution in [2.24, 2.45) is 11.8 Å². The summed E-state index contributed by atoms with van der Waals surface area (Å²) in [6.07, 6.45) is 2.47. The van der Waals surface area contributed by atoms with E-state index in [1.165, 1.54) is 18.5 Å². The van der Waals surface area contributed by atoms with Gasteiger partial charge in [0.2, 0.25) is 0 Å². The fraction of sp³-hybridized carbons (Fsp3) is 0.800. The topological polar surface area (TPSA) is 12.0 Å². The molecule has 11 heavy (non-hydrogen) atoms. The van der Waals surface area contributed by atoms with E-state index in [0.717, 1.165) is 24.8 Å². The van der Waals surface area contributed by atoms with Gasteiger partial charge in [-0.3, -0.25) is 0 Å². The lowest BCUT2D eigenvalue weighted by Crippen LogP contribution is -2.35. The molecule has 1 heterocycles. The van der Waals surface area contributed by atoms with Crippen LogP contribution in [0.15, 0.2) is 12.2 Å². The Morgan fingerprint density at radius 1 is 1.55 bits per heavy atom. The number of nitrogens with one attached hydrogen (secondary N) is 1. The zero-order chi connectivity index (χ0) is 8.27. The van der Waals surface area contributed by atoms with Crippen LogP contribution in [0, 0.1) is 11.8 Å². The van der Waals surface area contributed by atoms with Gasteiger partial charge in [-0.2, -0.15) is 0 Å². The van der Waals surface area contributed by atoms with E-state index >= 15 is 0 Å². The van der Waals surface area contributed by atoms with E-state index in [9.17, 15) is 0 Å². The summed E-state index contributed by atoms with van der Waals surface area (Å²) in [7, 11) is 0. The summed E-state index contributed by atoms with van der Waals surface area (Å²) in [5, 5.41) is 3.44. The lowest BCUT2D eigenvalue weighted by atomic mass is 9.86. The van der Waals surface area contributed by atoms with Crippen LogP contribution in [0.3, 0.4) is 0 Å². The Morgan fingerprint density at radius 3 is 2.82 bits per heavy atom. The summed E-state index contributed by atoms with van der Waals surface area (Å²) >= 11 is 0. The molecular formula is C10H19N. The largest absolute Gasteiger partial charge is 0.316 e. The summed E-state index contributed by atoms with van der Waals surface area (Å²) in [4.78, 5) is 0. The highest BCUT2D eigenvalue weighted by Crippen LogP contribution is 2.23. The van der Waals surface area contributed by atoms with Crippen molar-refractivity contribution in [2.45, 2.75) is 26.7 Å². The first kappa shape index (κ1) is 8.79. The second-order valence-electron chi connectivity index (χ2n) is 3.71. The zero-order valence-electron chi connectivity index (χ0n) is 7.69. The van der Waals surface area contributed by atoms with Crippen LogP contribution in [0.4, 0.5) is 0 Å². The Labute approximate surface area is 69.9 Å². The summed E-state index contributed by atoms with van der Waals surface area (Å²) < 4.78 is 0. The van der Waals surface area contributed by atoms with Gasteiger partial charge in [0.1, 0.15) is 0 Å². The molecule has 0 bridgehead atoms. The van der Waals surface area contributed by atoms with Crippen LogP contribution in [-0.4, -0.2) is 13.1 Å². The third-order valence-corrected chi connectivity index (χ3v) is 2.60. The van der Waals surface area contributed by atoms with Crippen molar-refractivity contribution in [2.75, 3.05) is 13.1 Å². The lowest BCUT2D eigenvalue weighted by molar-refractivity contribution is 0.331. The zero-order valence-corrected chi connectivity index (χ0v) is 7.69. The molecule has 0 radical (unpaired) electrons. The molecule has 1 nitrogen and oxygen atoms in total. The van der Waals surface area contributed by atoms with E-state index < -0.39 is 0 Å². The number of piperidine rings is 1. The van der Waals surface area contributed by atoms with Gasteiger partial charge >= 0.3 is 0 Å². The van der Waals surface area contributed by atoms with Crippen molar-refractivity contribution in [3.05, 3.63) is 12.2 Å². The predicted octanol–water partition coefficient (Wildman–Crippen LogP) is 2.20. The molecule has 0 aromatic carbocycles. The van der Waals surface area contributed by atoms with Crippen molar-refractivity contribution < 1.29 is 0 Å². The standard InChI is InChI=1S/C10H19N/c1-4-9(3)10-5-8(2)6-11-7-10/h8,10-11H,3-7H2,1-2H3/t8-,10?/m1/s1. The molecule has 0 aliphatic carbocycles. The molecule has 1 heteroatoms. The monoisotopic (exact) mass is 153 g/mol. The second-order valence-corrected chi connectivity index (χ2v) is 3.71. The molecule has 1 N–H and O–H groups in total. The minimum atomic E-state index is 0.740. The molecule has 0 spiro atoms. The molecular weight excluding hydrogens is 134 g/mol. The van der Waals surface area contributed by atoms with Gasteiger partial charge in [-0.15, -0.1) is 0 Å². The Balaban J connectivity index is 2.39. The van der Waals surface area contributed by atoms with Crippen molar-refractivity contribution in [1.82, 2.24) is 5.32 Å². The minimum absolute atomic E-state index is 0.740. The van der Waals surface area contributed by atoms with Crippen LogP contribution < -0.4 is 5.32 Å². The molecule has 0 amide bonds. The molecule has 1 aliphatic rings. The van der Waals surface area contributed by atoms with Gasteiger partial charge in [0.15, 0.2) is 0 Å². The molecule has 2 atom stereocenters.